The van der Waals surface area contributed by atoms with Crippen LogP contribution in [-0.4, -0.2) is 23.8 Å². The number of ketones is 1. The largest absolute Gasteiger partial charge is 0.497 e. The van der Waals surface area contributed by atoms with E-state index in [0.717, 1.165) is 22.4 Å². The summed E-state index contributed by atoms with van der Waals surface area (Å²) in [5.41, 5.74) is 4.07. The smallest absolute Gasteiger partial charge is 0.261 e. The first kappa shape index (κ1) is 20.6. The molecule has 1 aliphatic rings. The number of pyridine rings is 1. The molecule has 2 N–H and O–H groups in total. The van der Waals surface area contributed by atoms with Crippen molar-refractivity contribution in [1.29, 1.82) is 0 Å². The van der Waals surface area contributed by atoms with E-state index in [1.165, 1.54) is 6.07 Å². The number of aromatic amines is 1. The minimum Gasteiger partial charge on any atom is -0.497 e. The van der Waals surface area contributed by atoms with Crippen LogP contribution in [0.4, 0.5) is 5.69 Å². The van der Waals surface area contributed by atoms with Gasteiger partial charge in [0.25, 0.3) is 11.5 Å². The van der Waals surface area contributed by atoms with Crippen LogP contribution in [0.2, 0.25) is 0 Å². The molecule has 1 unspecified atom stereocenters. The van der Waals surface area contributed by atoms with Crippen LogP contribution in [0.25, 0.3) is 0 Å². The van der Waals surface area contributed by atoms with Crippen molar-refractivity contribution in [2.45, 2.75) is 32.6 Å². The third-order valence-corrected chi connectivity index (χ3v) is 5.77. The molecule has 1 aromatic heterocycles. The molecule has 0 aliphatic heterocycles. The third kappa shape index (κ3) is 4.14. The van der Waals surface area contributed by atoms with Crippen LogP contribution in [-0.2, 0) is 6.42 Å². The normalized spacial score (nSPS) is 15.3. The van der Waals surface area contributed by atoms with Gasteiger partial charge in [-0.1, -0.05) is 29.8 Å². The maximum atomic E-state index is 12.8. The molecule has 3 aromatic rings. The van der Waals surface area contributed by atoms with Gasteiger partial charge in [0.15, 0.2) is 5.78 Å². The first-order chi connectivity index (χ1) is 14.9. The van der Waals surface area contributed by atoms with Gasteiger partial charge in [-0.2, -0.15) is 0 Å². The number of carbonyl (C=O) groups excluding carboxylic acids is 2. The lowest BCUT2D eigenvalue weighted by Gasteiger charge is -2.24. The maximum Gasteiger partial charge on any atom is 0.261 e. The Morgan fingerprint density at radius 1 is 1.03 bits per heavy atom. The molecular weight excluding hydrogens is 392 g/mol. The van der Waals surface area contributed by atoms with Gasteiger partial charge >= 0.3 is 0 Å². The van der Waals surface area contributed by atoms with Crippen molar-refractivity contribution < 1.29 is 14.3 Å². The molecule has 6 heteroatoms. The van der Waals surface area contributed by atoms with E-state index in [4.69, 9.17) is 4.74 Å². The Hall–Kier alpha value is -3.67. The van der Waals surface area contributed by atoms with E-state index >= 15 is 0 Å². The first-order valence-electron chi connectivity index (χ1n) is 10.2. The number of methoxy groups -OCH3 is 1. The Bertz CT molecular complexity index is 1230. The van der Waals surface area contributed by atoms with Gasteiger partial charge < -0.3 is 15.0 Å². The number of amides is 1. The van der Waals surface area contributed by atoms with Crippen LogP contribution in [0.15, 0.2) is 53.3 Å². The van der Waals surface area contributed by atoms with Crippen molar-refractivity contribution in [2.24, 2.45) is 0 Å². The van der Waals surface area contributed by atoms with Crippen LogP contribution in [0, 0.1) is 13.8 Å². The average Bonchev–Trinajstić information content (AvgIpc) is 2.75. The summed E-state index contributed by atoms with van der Waals surface area (Å²) in [6, 6.07) is 14.7. The Morgan fingerprint density at radius 2 is 1.77 bits per heavy atom. The molecule has 4 rings (SSSR count). The topological polar surface area (TPSA) is 88.3 Å². The number of benzene rings is 2. The second-order valence-corrected chi connectivity index (χ2v) is 7.98. The van der Waals surface area contributed by atoms with E-state index in [9.17, 15) is 14.4 Å². The predicted molar refractivity (Wildman–Crippen MR) is 119 cm³/mol. The number of ether oxygens (including phenoxy) is 1. The summed E-state index contributed by atoms with van der Waals surface area (Å²) in [4.78, 5) is 41.0. The highest BCUT2D eigenvalue weighted by Gasteiger charge is 2.29. The molecule has 0 radical (unpaired) electrons. The highest BCUT2D eigenvalue weighted by molar-refractivity contribution is 6.07. The van der Waals surface area contributed by atoms with Gasteiger partial charge in [0.1, 0.15) is 11.3 Å². The molecule has 0 bridgehead atoms. The molecule has 1 amide bonds. The molecule has 1 heterocycles. The molecule has 6 nitrogen and oxygen atoms in total. The van der Waals surface area contributed by atoms with Gasteiger partial charge in [-0.25, -0.2) is 0 Å². The van der Waals surface area contributed by atoms with Gasteiger partial charge in [0.2, 0.25) is 0 Å². The number of rotatable bonds is 4. The number of Topliss-reactive ketones (excluding diaryl/α,β-unsaturated/α-hetero) is 1. The average molecular weight is 416 g/mol. The van der Waals surface area contributed by atoms with Gasteiger partial charge in [-0.15, -0.1) is 0 Å². The number of aryl methyl sites for hydroxylation is 2. The van der Waals surface area contributed by atoms with Crippen molar-refractivity contribution in [1.82, 2.24) is 4.98 Å². The van der Waals surface area contributed by atoms with Crippen LogP contribution in [0.3, 0.4) is 0 Å². The van der Waals surface area contributed by atoms with E-state index in [2.05, 4.69) is 10.3 Å². The lowest BCUT2D eigenvalue weighted by molar-refractivity contribution is 0.0963. The second-order valence-electron chi connectivity index (χ2n) is 7.98. The number of hydrogen-bond donors (Lipinski definition) is 2. The number of hydrogen-bond acceptors (Lipinski definition) is 4. The number of anilines is 1. The van der Waals surface area contributed by atoms with Crippen molar-refractivity contribution in [3.05, 3.63) is 92.4 Å². The molecule has 0 saturated carbocycles. The molecule has 0 saturated heterocycles. The molecule has 1 aliphatic carbocycles. The fourth-order valence-corrected chi connectivity index (χ4v) is 4.05. The number of H-pyrrole nitrogens is 1. The Morgan fingerprint density at radius 3 is 2.45 bits per heavy atom. The maximum absolute atomic E-state index is 12.8. The highest BCUT2D eigenvalue weighted by atomic mass is 16.5. The molecular formula is C25H24N2O4. The van der Waals surface area contributed by atoms with E-state index in [0.29, 0.717) is 29.8 Å². The van der Waals surface area contributed by atoms with Gasteiger partial charge in [0, 0.05) is 23.4 Å². The molecule has 158 valence electrons. The minimum atomic E-state index is -0.527. The Balaban J connectivity index is 1.60. The van der Waals surface area contributed by atoms with Crippen molar-refractivity contribution in [2.75, 3.05) is 12.4 Å². The zero-order valence-corrected chi connectivity index (χ0v) is 17.7. The van der Waals surface area contributed by atoms with E-state index in [1.54, 1.807) is 13.2 Å². The Kier molecular flexibility index (Phi) is 5.46. The fraction of sp³-hybridized carbons (Fsp3) is 0.240. The summed E-state index contributed by atoms with van der Waals surface area (Å²) in [6.07, 6.45) is 0.852. The summed E-state index contributed by atoms with van der Waals surface area (Å²) in [5, 5.41) is 2.78. The number of aromatic nitrogens is 1. The molecule has 0 spiro atoms. The monoisotopic (exact) mass is 416 g/mol. The van der Waals surface area contributed by atoms with E-state index < -0.39 is 11.5 Å². The quantitative estimate of drug-likeness (QED) is 0.668. The van der Waals surface area contributed by atoms with Crippen LogP contribution in [0.5, 0.6) is 5.75 Å². The minimum absolute atomic E-state index is 0.0311. The second kappa shape index (κ2) is 8.22. The standard InChI is InChI=1S/C25H24N2O4/c1-14-4-9-21(15(2)10-14)26-24(29)20-13-19-22(27-25(20)30)11-17(12-23(19)28)16-5-7-18(31-3)8-6-16/h4-10,13,17H,11-12H2,1-3H3,(H,26,29)(H,27,30). The summed E-state index contributed by atoms with van der Waals surface area (Å²) in [7, 11) is 1.61. The number of carbonyl (C=O) groups is 2. The van der Waals surface area contributed by atoms with Gasteiger partial charge in [-0.3, -0.25) is 14.4 Å². The fourth-order valence-electron chi connectivity index (χ4n) is 4.05. The summed E-state index contributed by atoms with van der Waals surface area (Å²) in [6.45, 7) is 3.86. The predicted octanol–water partition coefficient (Wildman–Crippen LogP) is 4.17. The van der Waals surface area contributed by atoms with Crippen molar-refractivity contribution >= 4 is 17.4 Å². The lowest BCUT2D eigenvalue weighted by Crippen LogP contribution is -2.29. The van der Waals surface area contributed by atoms with Crippen LogP contribution in [0.1, 0.15) is 55.4 Å². The van der Waals surface area contributed by atoms with E-state index in [1.807, 2.05) is 50.2 Å². The zero-order valence-electron chi connectivity index (χ0n) is 17.7. The number of fused-ring (bicyclic) bond motifs is 1. The molecule has 2 aromatic carbocycles. The molecule has 0 fully saturated rings. The Labute approximate surface area is 180 Å². The highest BCUT2D eigenvalue weighted by Crippen LogP contribution is 2.32. The van der Waals surface area contributed by atoms with Crippen LogP contribution < -0.4 is 15.6 Å². The first-order valence-corrected chi connectivity index (χ1v) is 10.2. The molecule has 31 heavy (non-hydrogen) atoms. The SMILES string of the molecule is COc1ccc(C2CC(=O)c3cc(C(=O)Nc4ccc(C)cc4C)c(=O)[nH]c3C2)cc1. The zero-order chi connectivity index (χ0) is 22.1. The third-order valence-electron chi connectivity index (χ3n) is 5.77. The molecule has 1 atom stereocenters. The lowest BCUT2D eigenvalue weighted by atomic mass is 9.81. The van der Waals surface area contributed by atoms with E-state index in [-0.39, 0.29) is 17.3 Å². The van der Waals surface area contributed by atoms with Crippen LogP contribution >= 0.6 is 0 Å². The van der Waals surface area contributed by atoms with Gasteiger partial charge in [0.05, 0.1) is 7.11 Å². The van der Waals surface area contributed by atoms with Crippen molar-refractivity contribution in [3.63, 3.8) is 0 Å². The summed E-state index contributed by atoms with van der Waals surface area (Å²) in [5.74, 6) is 0.107. The number of nitrogens with one attached hydrogen (secondary N) is 2. The summed E-state index contributed by atoms with van der Waals surface area (Å²) < 4.78 is 5.19. The van der Waals surface area contributed by atoms with Gasteiger partial charge in [-0.05, 0) is 61.6 Å². The van der Waals surface area contributed by atoms with Crippen molar-refractivity contribution in [3.8, 4) is 5.75 Å². The summed E-state index contributed by atoms with van der Waals surface area (Å²) >= 11 is 0.